The van der Waals surface area contributed by atoms with E-state index in [1.165, 1.54) is 0 Å². The Morgan fingerprint density at radius 1 is 1.38 bits per heavy atom. The van der Waals surface area contributed by atoms with Crippen LogP contribution in [-0.4, -0.2) is 24.1 Å². The molecule has 1 fully saturated rings. The van der Waals surface area contributed by atoms with Crippen LogP contribution in [0.5, 0.6) is 5.75 Å². The number of aliphatic carboxylic acids is 1. The summed E-state index contributed by atoms with van der Waals surface area (Å²) < 4.78 is 5.98. The molecule has 3 atom stereocenters. The van der Waals surface area contributed by atoms with E-state index in [1.807, 2.05) is 25.1 Å². The first-order valence-corrected chi connectivity index (χ1v) is 7.60. The molecule has 1 saturated carbocycles. The van der Waals surface area contributed by atoms with Gasteiger partial charge in [-0.25, -0.2) is 0 Å². The van der Waals surface area contributed by atoms with Gasteiger partial charge in [0.05, 0.1) is 29.5 Å². The van der Waals surface area contributed by atoms with Crippen molar-refractivity contribution in [3.63, 3.8) is 0 Å². The maximum absolute atomic E-state index is 12.1. The summed E-state index contributed by atoms with van der Waals surface area (Å²) in [5.41, 5.74) is 0.933. The molecule has 0 aliphatic heterocycles. The molecule has 5 nitrogen and oxygen atoms in total. The fraction of sp³-hybridized carbons (Fsp3) is 0.467. The van der Waals surface area contributed by atoms with E-state index in [9.17, 15) is 9.59 Å². The highest BCUT2D eigenvalue weighted by Gasteiger charge is 2.41. The molecule has 114 valence electrons. The molecule has 0 heterocycles. The third-order valence-corrected chi connectivity index (χ3v) is 4.58. The largest absolute Gasteiger partial charge is 0.496 e. The molecule has 2 N–H and O–H groups in total. The molecule has 0 spiro atoms. The molecule has 2 rings (SSSR count). The molecule has 6 heteroatoms. The van der Waals surface area contributed by atoms with E-state index in [0.29, 0.717) is 12.8 Å². The predicted octanol–water partition coefficient (Wildman–Crippen LogP) is 2.75. The molecule has 0 radical (unpaired) electrons. The van der Waals surface area contributed by atoms with Crippen molar-refractivity contribution in [3.05, 3.63) is 28.2 Å². The van der Waals surface area contributed by atoms with Crippen LogP contribution in [0.2, 0.25) is 0 Å². The van der Waals surface area contributed by atoms with Gasteiger partial charge in [-0.1, -0.05) is 6.07 Å². The maximum atomic E-state index is 12.1. The summed E-state index contributed by atoms with van der Waals surface area (Å²) in [6.45, 7) is 1.88. The number of hydrogen-bond donors (Lipinski definition) is 2. The quantitative estimate of drug-likeness (QED) is 0.851. The number of hydrogen-bond acceptors (Lipinski definition) is 3. The van der Waals surface area contributed by atoms with Crippen LogP contribution < -0.4 is 10.1 Å². The normalized spacial score (nSPS) is 22.0. The number of carboxylic acids is 1. The molecule has 1 aromatic carbocycles. The van der Waals surface area contributed by atoms with E-state index < -0.39 is 17.8 Å². The first-order chi connectivity index (χ1) is 9.93. The van der Waals surface area contributed by atoms with Crippen LogP contribution in [0.25, 0.3) is 0 Å². The zero-order valence-corrected chi connectivity index (χ0v) is 13.5. The number of carboxylic acid groups (broad SMARTS) is 1. The van der Waals surface area contributed by atoms with E-state index in [2.05, 4.69) is 21.2 Å². The van der Waals surface area contributed by atoms with Gasteiger partial charge < -0.3 is 15.2 Å². The first-order valence-electron chi connectivity index (χ1n) is 6.80. The summed E-state index contributed by atoms with van der Waals surface area (Å²) in [6.07, 6.45) is 1.22. The molecule has 1 aromatic rings. The smallest absolute Gasteiger partial charge is 0.307 e. The Bertz CT molecular complexity index is 561. The molecule has 0 saturated heterocycles. The van der Waals surface area contributed by atoms with Crippen molar-refractivity contribution in [1.29, 1.82) is 0 Å². The van der Waals surface area contributed by atoms with Gasteiger partial charge >= 0.3 is 5.97 Å². The SMILES string of the molecule is COc1ccc(C(C)NC(=O)C2CCC2C(=O)O)cc1Br. The zero-order chi connectivity index (χ0) is 15.6. The minimum absolute atomic E-state index is 0.185. The Hall–Kier alpha value is -1.56. The lowest BCUT2D eigenvalue weighted by molar-refractivity contribution is -0.152. The average Bonchev–Trinajstić information content (AvgIpc) is 2.36. The summed E-state index contributed by atoms with van der Waals surface area (Å²) in [5.74, 6) is -1.30. The molecule has 1 aliphatic rings. The van der Waals surface area contributed by atoms with Crippen LogP contribution in [0, 0.1) is 11.8 Å². The summed E-state index contributed by atoms with van der Waals surface area (Å²) in [4.78, 5) is 23.1. The van der Waals surface area contributed by atoms with Gasteiger partial charge in [-0.05, 0) is 53.4 Å². The number of benzene rings is 1. The summed E-state index contributed by atoms with van der Waals surface area (Å²) in [6, 6.07) is 5.41. The second kappa shape index (κ2) is 6.47. The summed E-state index contributed by atoms with van der Waals surface area (Å²) >= 11 is 3.41. The molecule has 1 amide bonds. The number of halogens is 1. The molecule has 3 unspecified atom stereocenters. The van der Waals surface area contributed by atoms with Crippen LogP contribution in [0.4, 0.5) is 0 Å². The number of carbonyl (C=O) groups excluding carboxylic acids is 1. The number of ether oxygens (including phenoxy) is 1. The lowest BCUT2D eigenvalue weighted by Gasteiger charge is -2.33. The van der Waals surface area contributed by atoms with Gasteiger partial charge in [0, 0.05) is 0 Å². The second-order valence-electron chi connectivity index (χ2n) is 5.25. The highest BCUT2D eigenvalue weighted by atomic mass is 79.9. The van der Waals surface area contributed by atoms with Gasteiger partial charge in [0.2, 0.25) is 5.91 Å². The van der Waals surface area contributed by atoms with Gasteiger partial charge in [0.15, 0.2) is 0 Å². The standard InChI is InChI=1S/C15H18BrNO4/c1-8(9-3-6-13(21-2)12(16)7-9)17-14(18)10-4-5-11(10)15(19)20/h3,6-8,10-11H,4-5H2,1-2H3,(H,17,18)(H,19,20). The predicted molar refractivity (Wildman–Crippen MR) is 81.1 cm³/mol. The Kier molecular flexibility index (Phi) is 4.88. The van der Waals surface area contributed by atoms with Crippen molar-refractivity contribution in [1.82, 2.24) is 5.32 Å². The van der Waals surface area contributed by atoms with Crippen LogP contribution in [0.3, 0.4) is 0 Å². The fourth-order valence-corrected chi connectivity index (χ4v) is 3.02. The van der Waals surface area contributed by atoms with Gasteiger partial charge in [-0.2, -0.15) is 0 Å². The Labute approximate surface area is 131 Å². The van der Waals surface area contributed by atoms with E-state index in [-0.39, 0.29) is 11.9 Å². The van der Waals surface area contributed by atoms with E-state index in [4.69, 9.17) is 9.84 Å². The van der Waals surface area contributed by atoms with Crippen molar-refractivity contribution in [2.45, 2.75) is 25.8 Å². The fourth-order valence-electron chi connectivity index (χ4n) is 2.47. The lowest BCUT2D eigenvalue weighted by atomic mass is 9.73. The average molecular weight is 356 g/mol. The summed E-state index contributed by atoms with van der Waals surface area (Å²) in [5, 5.41) is 11.9. The molecular weight excluding hydrogens is 338 g/mol. The van der Waals surface area contributed by atoms with Gasteiger partial charge in [-0.3, -0.25) is 9.59 Å². The Morgan fingerprint density at radius 2 is 2.05 bits per heavy atom. The van der Waals surface area contributed by atoms with Crippen LogP contribution in [0.15, 0.2) is 22.7 Å². The molecule has 0 aromatic heterocycles. The minimum Gasteiger partial charge on any atom is -0.496 e. The van der Waals surface area contributed by atoms with Crippen LogP contribution in [0.1, 0.15) is 31.4 Å². The van der Waals surface area contributed by atoms with Gasteiger partial charge in [0.1, 0.15) is 5.75 Å². The molecular formula is C15H18BrNO4. The van der Waals surface area contributed by atoms with E-state index in [0.717, 1.165) is 15.8 Å². The zero-order valence-electron chi connectivity index (χ0n) is 11.9. The van der Waals surface area contributed by atoms with Crippen molar-refractivity contribution >= 4 is 27.8 Å². The van der Waals surface area contributed by atoms with Gasteiger partial charge in [0.25, 0.3) is 0 Å². The summed E-state index contributed by atoms with van der Waals surface area (Å²) in [7, 11) is 1.59. The highest BCUT2D eigenvalue weighted by molar-refractivity contribution is 9.10. The number of carbonyl (C=O) groups is 2. The Balaban J connectivity index is 2.01. The number of methoxy groups -OCH3 is 1. The third kappa shape index (κ3) is 3.37. The van der Waals surface area contributed by atoms with E-state index in [1.54, 1.807) is 7.11 Å². The van der Waals surface area contributed by atoms with E-state index >= 15 is 0 Å². The number of nitrogens with one attached hydrogen (secondary N) is 1. The van der Waals surface area contributed by atoms with Crippen molar-refractivity contribution in [2.24, 2.45) is 11.8 Å². The van der Waals surface area contributed by atoms with Crippen molar-refractivity contribution in [2.75, 3.05) is 7.11 Å². The first kappa shape index (κ1) is 15.8. The molecule has 0 bridgehead atoms. The third-order valence-electron chi connectivity index (χ3n) is 3.96. The number of rotatable bonds is 5. The maximum Gasteiger partial charge on any atom is 0.307 e. The highest BCUT2D eigenvalue weighted by Crippen LogP contribution is 2.35. The minimum atomic E-state index is -0.888. The second-order valence-corrected chi connectivity index (χ2v) is 6.11. The van der Waals surface area contributed by atoms with Gasteiger partial charge in [-0.15, -0.1) is 0 Å². The van der Waals surface area contributed by atoms with Crippen molar-refractivity contribution < 1.29 is 19.4 Å². The number of amides is 1. The topological polar surface area (TPSA) is 75.6 Å². The van der Waals surface area contributed by atoms with Crippen LogP contribution >= 0.6 is 15.9 Å². The molecule has 1 aliphatic carbocycles. The molecule has 21 heavy (non-hydrogen) atoms. The monoisotopic (exact) mass is 355 g/mol. The lowest BCUT2D eigenvalue weighted by Crippen LogP contribution is -2.44. The van der Waals surface area contributed by atoms with Crippen molar-refractivity contribution in [3.8, 4) is 5.75 Å². The Morgan fingerprint density at radius 3 is 2.52 bits per heavy atom. The van der Waals surface area contributed by atoms with Crippen LogP contribution in [-0.2, 0) is 9.59 Å².